The molecule has 1 aliphatic heterocycles. The van der Waals surface area contributed by atoms with Crippen molar-refractivity contribution in [3.05, 3.63) is 89.6 Å². The van der Waals surface area contributed by atoms with Crippen LogP contribution in [0.15, 0.2) is 72.9 Å². The van der Waals surface area contributed by atoms with Crippen molar-refractivity contribution in [1.29, 1.82) is 0 Å². The SMILES string of the molecule is C[C@H](C(=O)O)c1cccc([C@@H](C)CN[C@H](c2ccccc2)[C@H]2CNc3cccnc3N2)c1. The van der Waals surface area contributed by atoms with E-state index in [-0.39, 0.29) is 18.0 Å². The molecule has 0 spiro atoms. The number of carboxylic acids is 1. The molecule has 2 heterocycles. The largest absolute Gasteiger partial charge is 0.481 e. The molecule has 1 aliphatic rings. The highest BCUT2D eigenvalue weighted by atomic mass is 16.4. The molecule has 4 rings (SSSR count). The molecule has 6 nitrogen and oxygen atoms in total. The minimum atomic E-state index is -0.804. The Morgan fingerprint density at radius 1 is 1.06 bits per heavy atom. The zero-order valence-corrected chi connectivity index (χ0v) is 18.5. The molecule has 0 saturated heterocycles. The maximum absolute atomic E-state index is 11.4. The average Bonchev–Trinajstić information content (AvgIpc) is 2.84. The van der Waals surface area contributed by atoms with E-state index in [1.165, 1.54) is 5.56 Å². The number of carbonyl (C=O) groups is 1. The Labute approximate surface area is 189 Å². The van der Waals surface area contributed by atoms with Gasteiger partial charge in [0.25, 0.3) is 0 Å². The molecule has 4 N–H and O–H groups in total. The molecular formula is C26H30N4O2. The van der Waals surface area contributed by atoms with Crippen molar-refractivity contribution >= 4 is 17.5 Å². The Morgan fingerprint density at radius 2 is 1.81 bits per heavy atom. The highest BCUT2D eigenvalue weighted by Gasteiger charge is 2.27. The van der Waals surface area contributed by atoms with Crippen molar-refractivity contribution in [3.8, 4) is 0 Å². The van der Waals surface area contributed by atoms with Crippen LogP contribution in [0.1, 0.15) is 48.4 Å². The van der Waals surface area contributed by atoms with Crippen LogP contribution in [0.5, 0.6) is 0 Å². The number of rotatable bonds is 8. The smallest absolute Gasteiger partial charge is 0.310 e. The van der Waals surface area contributed by atoms with E-state index in [0.29, 0.717) is 0 Å². The van der Waals surface area contributed by atoms with E-state index in [4.69, 9.17) is 0 Å². The number of carboxylic acid groups (broad SMARTS) is 1. The second-order valence-corrected chi connectivity index (χ2v) is 8.46. The summed E-state index contributed by atoms with van der Waals surface area (Å²) in [7, 11) is 0. The fourth-order valence-electron chi connectivity index (χ4n) is 4.16. The molecular weight excluding hydrogens is 400 g/mol. The lowest BCUT2D eigenvalue weighted by atomic mass is 9.93. The molecule has 4 atom stereocenters. The number of fused-ring (bicyclic) bond motifs is 1. The predicted octanol–water partition coefficient (Wildman–Crippen LogP) is 4.61. The van der Waals surface area contributed by atoms with E-state index in [1.54, 1.807) is 13.1 Å². The summed E-state index contributed by atoms with van der Waals surface area (Å²) in [5, 5.41) is 20.2. The number of nitrogens with zero attached hydrogens (tertiary/aromatic N) is 1. The van der Waals surface area contributed by atoms with E-state index in [0.717, 1.165) is 35.7 Å². The molecule has 0 bridgehead atoms. The van der Waals surface area contributed by atoms with Gasteiger partial charge in [-0.15, -0.1) is 0 Å². The van der Waals surface area contributed by atoms with Crippen molar-refractivity contribution in [3.63, 3.8) is 0 Å². The van der Waals surface area contributed by atoms with Crippen LogP contribution < -0.4 is 16.0 Å². The van der Waals surface area contributed by atoms with E-state index < -0.39 is 11.9 Å². The number of aromatic nitrogens is 1. The number of pyridine rings is 1. The Hall–Kier alpha value is -3.38. The van der Waals surface area contributed by atoms with Crippen LogP contribution in [0, 0.1) is 0 Å². The fraction of sp³-hybridized carbons (Fsp3) is 0.308. The lowest BCUT2D eigenvalue weighted by Gasteiger charge is -2.35. The summed E-state index contributed by atoms with van der Waals surface area (Å²) in [6, 6.07) is 22.5. The Balaban J connectivity index is 1.50. The Morgan fingerprint density at radius 3 is 2.59 bits per heavy atom. The topological polar surface area (TPSA) is 86.3 Å². The molecule has 0 amide bonds. The molecule has 2 aromatic carbocycles. The van der Waals surface area contributed by atoms with Crippen LogP contribution in [0.4, 0.5) is 11.5 Å². The summed E-state index contributed by atoms with van der Waals surface area (Å²) in [4.78, 5) is 15.9. The number of hydrogen-bond donors (Lipinski definition) is 4. The number of nitrogens with one attached hydrogen (secondary N) is 3. The van der Waals surface area contributed by atoms with E-state index in [9.17, 15) is 9.90 Å². The normalized spacial score (nSPS) is 17.9. The van der Waals surface area contributed by atoms with Gasteiger partial charge in [-0.1, -0.05) is 61.5 Å². The molecule has 0 fully saturated rings. The van der Waals surface area contributed by atoms with E-state index >= 15 is 0 Å². The van der Waals surface area contributed by atoms with Gasteiger partial charge in [-0.2, -0.15) is 0 Å². The standard InChI is InChI=1S/C26H30N4O2/c1-17(20-10-6-11-21(14-20)18(2)26(31)32)15-29-24(19-8-4-3-5-9-19)23-16-28-22-12-7-13-27-25(22)30-23/h3-14,17-18,23-24,28-29H,15-16H2,1-2H3,(H,27,30)(H,31,32)/t17-,18-,23+,24+/m0/s1. The van der Waals surface area contributed by atoms with Gasteiger partial charge in [0.15, 0.2) is 0 Å². The van der Waals surface area contributed by atoms with Gasteiger partial charge in [-0.05, 0) is 41.7 Å². The van der Waals surface area contributed by atoms with Crippen LogP contribution in [0.3, 0.4) is 0 Å². The second-order valence-electron chi connectivity index (χ2n) is 8.46. The quantitative estimate of drug-likeness (QED) is 0.418. The summed E-state index contributed by atoms with van der Waals surface area (Å²) in [6.45, 7) is 5.44. The zero-order valence-electron chi connectivity index (χ0n) is 18.5. The predicted molar refractivity (Wildman–Crippen MR) is 128 cm³/mol. The molecule has 3 aromatic rings. The third-order valence-electron chi connectivity index (χ3n) is 6.20. The molecule has 6 heteroatoms. The van der Waals surface area contributed by atoms with Crippen LogP contribution in [-0.2, 0) is 4.79 Å². The van der Waals surface area contributed by atoms with Crippen molar-refractivity contribution in [1.82, 2.24) is 10.3 Å². The fourth-order valence-corrected chi connectivity index (χ4v) is 4.16. The van der Waals surface area contributed by atoms with Gasteiger partial charge in [0.05, 0.1) is 23.7 Å². The van der Waals surface area contributed by atoms with E-state index in [1.807, 2.05) is 36.4 Å². The summed E-state index contributed by atoms with van der Waals surface area (Å²) < 4.78 is 0. The first-order valence-corrected chi connectivity index (χ1v) is 11.1. The molecule has 0 saturated carbocycles. The zero-order chi connectivity index (χ0) is 22.5. The molecule has 0 aliphatic carbocycles. The molecule has 0 unspecified atom stereocenters. The van der Waals surface area contributed by atoms with Crippen molar-refractivity contribution in [2.45, 2.75) is 37.8 Å². The summed E-state index contributed by atoms with van der Waals surface area (Å²) in [6.07, 6.45) is 1.80. The van der Waals surface area contributed by atoms with Gasteiger partial charge in [-0.3, -0.25) is 4.79 Å². The summed E-state index contributed by atoms with van der Waals surface area (Å²) >= 11 is 0. The van der Waals surface area contributed by atoms with Gasteiger partial charge in [-0.25, -0.2) is 4.98 Å². The lowest BCUT2D eigenvalue weighted by molar-refractivity contribution is -0.138. The molecule has 166 valence electrons. The van der Waals surface area contributed by atoms with Crippen molar-refractivity contribution in [2.75, 3.05) is 23.7 Å². The number of benzene rings is 2. The highest BCUT2D eigenvalue weighted by molar-refractivity contribution is 5.75. The minimum absolute atomic E-state index is 0.0856. The second kappa shape index (κ2) is 9.83. The van der Waals surface area contributed by atoms with Crippen molar-refractivity contribution < 1.29 is 9.90 Å². The molecule has 1 aromatic heterocycles. The Kier molecular flexibility index (Phi) is 6.71. The van der Waals surface area contributed by atoms with Crippen LogP contribution >= 0.6 is 0 Å². The van der Waals surface area contributed by atoms with Gasteiger partial charge in [0.1, 0.15) is 5.82 Å². The molecule has 0 radical (unpaired) electrons. The highest BCUT2D eigenvalue weighted by Crippen LogP contribution is 2.29. The van der Waals surface area contributed by atoms with Gasteiger partial charge >= 0.3 is 5.97 Å². The first-order chi connectivity index (χ1) is 15.5. The monoisotopic (exact) mass is 430 g/mol. The number of anilines is 2. The first-order valence-electron chi connectivity index (χ1n) is 11.1. The lowest BCUT2D eigenvalue weighted by Crippen LogP contribution is -2.45. The van der Waals surface area contributed by atoms with Crippen LogP contribution in [-0.4, -0.2) is 35.2 Å². The first kappa shape index (κ1) is 21.8. The summed E-state index contributed by atoms with van der Waals surface area (Å²) in [5.41, 5.74) is 4.21. The third kappa shape index (κ3) is 4.92. The Bertz CT molecular complexity index is 1060. The number of hydrogen-bond acceptors (Lipinski definition) is 5. The van der Waals surface area contributed by atoms with Gasteiger partial charge in [0, 0.05) is 19.3 Å². The minimum Gasteiger partial charge on any atom is -0.481 e. The maximum atomic E-state index is 11.4. The number of aliphatic carboxylic acids is 1. The van der Waals surface area contributed by atoms with Gasteiger partial charge < -0.3 is 21.1 Å². The summed E-state index contributed by atoms with van der Waals surface area (Å²) in [5.74, 6) is -0.224. The van der Waals surface area contributed by atoms with Gasteiger partial charge in [0.2, 0.25) is 0 Å². The molecule has 32 heavy (non-hydrogen) atoms. The third-order valence-corrected chi connectivity index (χ3v) is 6.20. The maximum Gasteiger partial charge on any atom is 0.310 e. The average molecular weight is 431 g/mol. The van der Waals surface area contributed by atoms with Crippen LogP contribution in [0.2, 0.25) is 0 Å². The van der Waals surface area contributed by atoms with Crippen LogP contribution in [0.25, 0.3) is 0 Å². The van der Waals surface area contributed by atoms with Crippen molar-refractivity contribution in [2.24, 2.45) is 0 Å². The van der Waals surface area contributed by atoms with E-state index in [2.05, 4.69) is 58.2 Å².